The fourth-order valence-corrected chi connectivity index (χ4v) is 3.51. The minimum atomic E-state index is -8.06. The van der Waals surface area contributed by atoms with E-state index in [4.69, 9.17) is 4.55 Å². The highest BCUT2D eigenvalue weighted by Gasteiger charge is 3.06. The van der Waals surface area contributed by atoms with E-state index >= 15 is 0 Å². The molecule has 2 rings (SSSR count). The van der Waals surface area contributed by atoms with Gasteiger partial charge in [-0.1, -0.05) is 0 Å². The smallest absolute Gasteiger partial charge is 0.435 e. The molecule has 0 aromatic heterocycles. The minimum absolute atomic E-state index is 0.00961. The van der Waals surface area contributed by atoms with Crippen LogP contribution >= 0.6 is 0 Å². The Balaban J connectivity index is 2.97. The Morgan fingerprint density at radius 1 is 0.667 bits per heavy atom. The van der Waals surface area contributed by atoms with Gasteiger partial charge < -0.3 is 9.84 Å². The molecule has 0 radical (unpaired) electrons. The maximum Gasteiger partial charge on any atom is 0.435 e. The lowest BCUT2D eigenvalue weighted by molar-refractivity contribution is -0.711. The van der Waals surface area contributed by atoms with Crippen molar-refractivity contribution in [1.82, 2.24) is 0 Å². The van der Waals surface area contributed by atoms with E-state index in [1.165, 1.54) is 0 Å². The van der Waals surface area contributed by atoms with E-state index in [2.05, 4.69) is 14.5 Å². The number of ether oxygens (including phenoxy) is 1. The number of hydrogen-bond acceptors (Lipinski definition) is 6. The zero-order valence-electron chi connectivity index (χ0n) is 15.9. The van der Waals surface area contributed by atoms with Crippen molar-refractivity contribution < 1.29 is 94.1 Å². The van der Waals surface area contributed by atoms with Crippen LogP contribution in [0.4, 0.5) is 61.5 Å². The standard InChI is InChI=1S/C14H6F14O7S/c15-7(10(17,18)19,11(20,21)22)9(8(16,12(23,24)25)13(26,27)28)14(29,35-34-9)33-5-1-3-6(4-2-5)36(30,31)32/h1-4,29H,(H,30,31,32). The van der Waals surface area contributed by atoms with Crippen molar-refractivity contribution >= 4 is 10.1 Å². The SMILES string of the molecule is O=S(=O)(O)c1ccc(OC2(O)OOC2(C(F)(C(F)(F)F)C(F)(F)F)C(F)(C(F)(F)F)C(F)(F)F)cc1. The van der Waals surface area contributed by atoms with Crippen LogP contribution in [0.15, 0.2) is 29.2 Å². The van der Waals surface area contributed by atoms with Gasteiger partial charge in [0.1, 0.15) is 5.75 Å². The molecule has 0 amide bonds. The lowest BCUT2D eigenvalue weighted by Gasteiger charge is -2.60. The van der Waals surface area contributed by atoms with Crippen LogP contribution in [-0.4, -0.2) is 65.7 Å². The molecule has 0 bridgehead atoms. The van der Waals surface area contributed by atoms with Crippen LogP contribution in [0.3, 0.4) is 0 Å². The summed E-state index contributed by atoms with van der Waals surface area (Å²) in [6.45, 7) is 0. The molecule has 36 heavy (non-hydrogen) atoms. The number of rotatable bonds is 5. The molecule has 1 atom stereocenters. The Labute approximate surface area is 187 Å². The first kappa shape index (κ1) is 30.1. The number of benzene rings is 1. The molecule has 1 aromatic carbocycles. The molecular formula is C14H6F14O7S. The predicted octanol–water partition coefficient (Wildman–Crippen LogP) is 4.32. The third kappa shape index (κ3) is 3.83. The van der Waals surface area contributed by atoms with Crippen LogP contribution in [0.2, 0.25) is 0 Å². The van der Waals surface area contributed by atoms with Crippen molar-refractivity contribution in [2.45, 2.75) is 52.5 Å². The van der Waals surface area contributed by atoms with Crippen molar-refractivity contribution in [2.75, 3.05) is 0 Å². The van der Waals surface area contributed by atoms with E-state index in [9.17, 15) is 75.0 Å². The molecule has 1 heterocycles. The molecule has 1 aromatic rings. The van der Waals surface area contributed by atoms with Crippen molar-refractivity contribution in [3.63, 3.8) is 0 Å². The van der Waals surface area contributed by atoms with Crippen molar-refractivity contribution in [1.29, 1.82) is 0 Å². The van der Waals surface area contributed by atoms with Crippen LogP contribution in [0.25, 0.3) is 0 Å². The van der Waals surface area contributed by atoms with Gasteiger partial charge in [-0.2, -0.15) is 66.0 Å². The van der Waals surface area contributed by atoms with Crippen LogP contribution < -0.4 is 4.74 Å². The molecule has 0 spiro atoms. The molecule has 208 valence electrons. The summed E-state index contributed by atoms with van der Waals surface area (Å²) in [5.74, 6) is -7.48. The summed E-state index contributed by atoms with van der Waals surface area (Å²) in [6, 6.07) is 0.300. The van der Waals surface area contributed by atoms with Gasteiger partial charge in [-0.05, 0) is 24.3 Å². The predicted molar refractivity (Wildman–Crippen MR) is 78.6 cm³/mol. The average molecular weight is 584 g/mol. The second-order valence-corrected chi connectivity index (χ2v) is 8.21. The quantitative estimate of drug-likeness (QED) is 0.230. The fourth-order valence-electron chi connectivity index (χ4n) is 3.03. The number of halogens is 14. The fraction of sp³-hybridized carbons (Fsp3) is 0.571. The average Bonchev–Trinajstić information content (AvgIpc) is 2.63. The van der Waals surface area contributed by atoms with E-state index < -0.39 is 68.4 Å². The van der Waals surface area contributed by atoms with Gasteiger partial charge in [-0.15, -0.1) is 0 Å². The molecule has 0 aliphatic carbocycles. The van der Waals surface area contributed by atoms with Gasteiger partial charge in [-0.25, -0.2) is 13.7 Å². The number of hydrogen-bond donors (Lipinski definition) is 2. The highest BCUT2D eigenvalue weighted by atomic mass is 32.2. The molecule has 7 nitrogen and oxygen atoms in total. The van der Waals surface area contributed by atoms with Gasteiger partial charge in [0.2, 0.25) is 0 Å². The molecule has 1 unspecified atom stereocenters. The molecule has 2 N–H and O–H groups in total. The molecule has 1 aliphatic rings. The normalized spacial score (nSPS) is 22.2. The monoisotopic (exact) mass is 584 g/mol. The second kappa shape index (κ2) is 7.91. The summed E-state index contributed by atoms with van der Waals surface area (Å²) in [5.41, 5.74) is -23.4. The summed E-state index contributed by atoms with van der Waals surface area (Å²) >= 11 is 0. The highest BCUT2D eigenvalue weighted by molar-refractivity contribution is 7.85. The Morgan fingerprint density at radius 2 is 1.00 bits per heavy atom. The molecule has 1 aliphatic heterocycles. The zero-order chi connectivity index (χ0) is 28.6. The molecule has 0 saturated carbocycles. The van der Waals surface area contributed by atoms with Crippen molar-refractivity contribution in [3.8, 4) is 5.75 Å². The molecule has 1 fully saturated rings. The maximum atomic E-state index is 14.8. The zero-order valence-corrected chi connectivity index (χ0v) is 16.8. The first-order valence-electron chi connectivity index (χ1n) is 8.14. The van der Waals surface area contributed by atoms with Gasteiger partial charge in [-0.3, -0.25) is 4.55 Å². The van der Waals surface area contributed by atoms with Crippen molar-refractivity contribution in [3.05, 3.63) is 24.3 Å². The van der Waals surface area contributed by atoms with Crippen LogP contribution in [0.5, 0.6) is 5.75 Å². The van der Waals surface area contributed by atoms with Gasteiger partial charge in [0.05, 0.1) is 4.90 Å². The molecule has 22 heteroatoms. The van der Waals surface area contributed by atoms with Gasteiger partial charge >= 0.3 is 47.6 Å². The Bertz CT molecular complexity index is 1020. The number of alkyl halides is 14. The number of aliphatic hydroxyl groups is 1. The van der Waals surface area contributed by atoms with Crippen LogP contribution in [-0.2, 0) is 19.9 Å². The summed E-state index contributed by atoms with van der Waals surface area (Å²) in [7, 11) is -5.09. The van der Waals surface area contributed by atoms with E-state index in [0.717, 1.165) is 0 Å². The molecular weight excluding hydrogens is 578 g/mol. The maximum absolute atomic E-state index is 14.8. The van der Waals surface area contributed by atoms with Crippen LogP contribution in [0, 0.1) is 0 Å². The van der Waals surface area contributed by atoms with E-state index in [0.29, 0.717) is 0 Å². The first-order chi connectivity index (χ1) is 15.6. The minimum Gasteiger partial charge on any atom is -0.435 e. The lowest BCUT2D eigenvalue weighted by Crippen LogP contribution is -2.94. The van der Waals surface area contributed by atoms with E-state index in [-0.39, 0.29) is 24.3 Å². The van der Waals surface area contributed by atoms with E-state index in [1.807, 2.05) is 0 Å². The summed E-state index contributed by atoms with van der Waals surface area (Å²) in [5, 5.41) is 9.91. The Kier molecular flexibility index (Phi) is 6.61. The van der Waals surface area contributed by atoms with Gasteiger partial charge in [0.15, 0.2) is 0 Å². The first-order valence-corrected chi connectivity index (χ1v) is 9.58. The third-order valence-electron chi connectivity index (χ3n) is 4.64. The van der Waals surface area contributed by atoms with E-state index in [1.54, 1.807) is 0 Å². The van der Waals surface area contributed by atoms with Gasteiger partial charge in [0, 0.05) is 0 Å². The van der Waals surface area contributed by atoms with Crippen LogP contribution in [0.1, 0.15) is 0 Å². The Hall–Kier alpha value is -2.17. The van der Waals surface area contributed by atoms with Gasteiger partial charge in [0.25, 0.3) is 10.1 Å². The summed E-state index contributed by atoms with van der Waals surface area (Å²) in [4.78, 5) is 4.63. The largest absolute Gasteiger partial charge is 0.435 e. The topological polar surface area (TPSA) is 102 Å². The second-order valence-electron chi connectivity index (χ2n) is 6.79. The molecule has 1 saturated heterocycles. The van der Waals surface area contributed by atoms with Crippen molar-refractivity contribution in [2.24, 2.45) is 0 Å². The lowest BCUT2D eigenvalue weighted by atomic mass is 9.67. The Morgan fingerprint density at radius 3 is 1.22 bits per heavy atom. The highest BCUT2D eigenvalue weighted by Crippen LogP contribution is 2.70. The summed E-state index contributed by atoms with van der Waals surface area (Å²) < 4.78 is 224. The third-order valence-corrected chi connectivity index (χ3v) is 5.50. The summed E-state index contributed by atoms with van der Waals surface area (Å²) in [6.07, 6.45) is -31.7.